The summed E-state index contributed by atoms with van der Waals surface area (Å²) in [5.41, 5.74) is 1.06. The molecule has 3 rings (SSSR count). The van der Waals surface area contributed by atoms with Gasteiger partial charge in [-0.25, -0.2) is 0 Å². The van der Waals surface area contributed by atoms with Crippen LogP contribution in [0, 0.1) is 0 Å². The third-order valence-electron chi connectivity index (χ3n) is 4.46. The van der Waals surface area contributed by atoms with Crippen LogP contribution in [0.3, 0.4) is 0 Å². The lowest BCUT2D eigenvalue weighted by Gasteiger charge is -2.24. The van der Waals surface area contributed by atoms with Crippen LogP contribution in [0.4, 0.5) is 0 Å². The van der Waals surface area contributed by atoms with Gasteiger partial charge in [0.1, 0.15) is 5.75 Å². The Morgan fingerprint density at radius 3 is 2.85 bits per heavy atom. The highest BCUT2D eigenvalue weighted by molar-refractivity contribution is 7.09. The average Bonchev–Trinajstić information content (AvgIpc) is 3.34. The molecule has 1 saturated heterocycles. The monoisotopic (exact) mass is 374 g/mol. The number of benzene rings is 1. The number of carbonyl (C=O) groups is 1. The van der Waals surface area contributed by atoms with E-state index in [4.69, 9.17) is 9.47 Å². The minimum Gasteiger partial charge on any atom is -0.497 e. The first-order chi connectivity index (χ1) is 12.7. The zero-order valence-electron chi connectivity index (χ0n) is 15.1. The maximum Gasteiger partial charge on any atom is 0.234 e. The Morgan fingerprint density at radius 2 is 2.19 bits per heavy atom. The van der Waals surface area contributed by atoms with Gasteiger partial charge in [-0.15, -0.1) is 11.3 Å². The topological polar surface area (TPSA) is 50.8 Å². The van der Waals surface area contributed by atoms with Gasteiger partial charge in [-0.1, -0.05) is 18.2 Å². The molecular formula is C20H26N2O3S. The van der Waals surface area contributed by atoms with Gasteiger partial charge in [-0.3, -0.25) is 9.69 Å². The molecule has 0 spiro atoms. The van der Waals surface area contributed by atoms with Crippen LogP contribution >= 0.6 is 11.3 Å². The van der Waals surface area contributed by atoms with E-state index in [0.717, 1.165) is 43.9 Å². The zero-order valence-corrected chi connectivity index (χ0v) is 16.0. The van der Waals surface area contributed by atoms with E-state index in [2.05, 4.69) is 21.7 Å². The molecule has 1 amide bonds. The fourth-order valence-corrected chi connectivity index (χ4v) is 3.83. The quantitative estimate of drug-likeness (QED) is 0.733. The lowest BCUT2D eigenvalue weighted by Crippen LogP contribution is -2.40. The standard InChI is InChI=1S/C20H26N2O3S/c1-24-17-8-6-16(7-9-17)12-21-20(23)15-22(13-18-4-2-10-25-18)14-19-5-3-11-26-19/h3,5-9,11,18H,2,4,10,12-15H2,1H3,(H,21,23)/t18-/m0/s1. The van der Waals surface area contributed by atoms with Crippen molar-refractivity contribution in [2.75, 3.05) is 26.8 Å². The van der Waals surface area contributed by atoms with Crippen LogP contribution in [0.15, 0.2) is 41.8 Å². The predicted octanol–water partition coefficient (Wildman–Crippen LogP) is 3.05. The van der Waals surface area contributed by atoms with Crippen LogP contribution in [0.1, 0.15) is 23.3 Å². The van der Waals surface area contributed by atoms with Crippen LogP contribution in [-0.4, -0.2) is 43.7 Å². The Balaban J connectivity index is 1.51. The number of rotatable bonds is 9. The molecule has 0 radical (unpaired) electrons. The van der Waals surface area contributed by atoms with Crippen LogP contribution in [0.25, 0.3) is 0 Å². The molecule has 2 heterocycles. The summed E-state index contributed by atoms with van der Waals surface area (Å²) in [6, 6.07) is 11.9. The summed E-state index contributed by atoms with van der Waals surface area (Å²) in [6.45, 7) is 3.33. The van der Waals surface area contributed by atoms with Gasteiger partial charge in [0.25, 0.3) is 0 Å². The van der Waals surface area contributed by atoms with Gasteiger partial charge >= 0.3 is 0 Å². The van der Waals surface area contributed by atoms with Crippen molar-refractivity contribution in [1.29, 1.82) is 0 Å². The number of ether oxygens (including phenoxy) is 2. The molecule has 0 saturated carbocycles. The Morgan fingerprint density at radius 1 is 1.35 bits per heavy atom. The van der Waals surface area contributed by atoms with E-state index >= 15 is 0 Å². The van der Waals surface area contributed by atoms with Gasteiger partial charge in [-0.2, -0.15) is 0 Å². The fourth-order valence-electron chi connectivity index (χ4n) is 3.09. The second-order valence-electron chi connectivity index (χ2n) is 6.51. The minimum atomic E-state index is 0.0374. The predicted molar refractivity (Wildman–Crippen MR) is 103 cm³/mol. The Kier molecular flexibility index (Phi) is 7.05. The molecule has 1 atom stereocenters. The van der Waals surface area contributed by atoms with Crippen LogP contribution in [0.2, 0.25) is 0 Å². The lowest BCUT2D eigenvalue weighted by atomic mass is 10.2. The molecule has 1 fully saturated rings. The number of thiophene rings is 1. The van der Waals surface area contributed by atoms with Crippen molar-refractivity contribution in [3.8, 4) is 5.75 Å². The maximum atomic E-state index is 12.4. The number of amides is 1. The molecule has 6 heteroatoms. The largest absolute Gasteiger partial charge is 0.497 e. The molecule has 1 aliphatic rings. The summed E-state index contributed by atoms with van der Waals surface area (Å²) in [5, 5.41) is 5.09. The summed E-state index contributed by atoms with van der Waals surface area (Å²) >= 11 is 1.72. The van der Waals surface area contributed by atoms with Crippen LogP contribution in [0.5, 0.6) is 5.75 Å². The lowest BCUT2D eigenvalue weighted by molar-refractivity contribution is -0.122. The highest BCUT2D eigenvalue weighted by Crippen LogP contribution is 2.17. The number of nitrogens with zero attached hydrogens (tertiary/aromatic N) is 1. The van der Waals surface area contributed by atoms with E-state index in [1.807, 2.05) is 30.3 Å². The molecule has 1 aliphatic heterocycles. The zero-order chi connectivity index (χ0) is 18.2. The Bertz CT molecular complexity index is 667. The molecule has 26 heavy (non-hydrogen) atoms. The van der Waals surface area contributed by atoms with Crippen molar-refractivity contribution in [1.82, 2.24) is 10.2 Å². The van der Waals surface area contributed by atoms with Crippen molar-refractivity contribution in [3.63, 3.8) is 0 Å². The number of methoxy groups -OCH3 is 1. The normalized spacial score (nSPS) is 16.8. The number of carbonyl (C=O) groups excluding carboxylic acids is 1. The maximum absolute atomic E-state index is 12.4. The summed E-state index contributed by atoms with van der Waals surface area (Å²) in [5.74, 6) is 0.856. The average molecular weight is 375 g/mol. The summed E-state index contributed by atoms with van der Waals surface area (Å²) < 4.78 is 10.9. The first-order valence-electron chi connectivity index (χ1n) is 8.99. The van der Waals surface area contributed by atoms with Gasteiger partial charge in [0, 0.05) is 31.1 Å². The molecule has 2 aromatic rings. The number of hydrogen-bond donors (Lipinski definition) is 1. The van der Waals surface area contributed by atoms with E-state index in [-0.39, 0.29) is 12.0 Å². The third kappa shape index (κ3) is 5.83. The Labute approximate surface area is 158 Å². The van der Waals surface area contributed by atoms with Crippen molar-refractivity contribution in [2.45, 2.75) is 32.0 Å². The summed E-state index contributed by atoms with van der Waals surface area (Å²) in [4.78, 5) is 15.9. The van der Waals surface area contributed by atoms with Crippen LogP contribution < -0.4 is 10.1 Å². The minimum absolute atomic E-state index is 0.0374. The van der Waals surface area contributed by atoms with Crippen molar-refractivity contribution < 1.29 is 14.3 Å². The van der Waals surface area contributed by atoms with Gasteiger partial charge < -0.3 is 14.8 Å². The van der Waals surface area contributed by atoms with E-state index in [1.54, 1.807) is 18.4 Å². The summed E-state index contributed by atoms with van der Waals surface area (Å²) in [6.07, 6.45) is 2.43. The van der Waals surface area contributed by atoms with Gasteiger partial charge in [0.15, 0.2) is 0 Å². The summed E-state index contributed by atoms with van der Waals surface area (Å²) in [7, 11) is 1.65. The highest BCUT2D eigenvalue weighted by Gasteiger charge is 2.21. The smallest absolute Gasteiger partial charge is 0.234 e. The van der Waals surface area contributed by atoms with E-state index in [1.165, 1.54) is 4.88 Å². The third-order valence-corrected chi connectivity index (χ3v) is 5.32. The highest BCUT2D eigenvalue weighted by atomic mass is 32.1. The SMILES string of the molecule is COc1ccc(CNC(=O)CN(Cc2cccs2)C[C@@H]2CCCO2)cc1. The second kappa shape index (κ2) is 9.71. The van der Waals surface area contributed by atoms with E-state index in [0.29, 0.717) is 13.1 Å². The van der Waals surface area contributed by atoms with Gasteiger partial charge in [0.05, 0.1) is 19.8 Å². The molecule has 0 unspecified atom stereocenters. The number of nitrogens with one attached hydrogen (secondary N) is 1. The first kappa shape index (κ1) is 18.9. The van der Waals surface area contributed by atoms with Crippen molar-refractivity contribution in [2.24, 2.45) is 0 Å². The molecule has 1 aromatic carbocycles. The fraction of sp³-hybridized carbons (Fsp3) is 0.450. The number of hydrogen-bond acceptors (Lipinski definition) is 5. The van der Waals surface area contributed by atoms with Crippen molar-refractivity contribution in [3.05, 3.63) is 52.2 Å². The first-order valence-corrected chi connectivity index (χ1v) is 9.87. The van der Waals surface area contributed by atoms with Crippen molar-refractivity contribution >= 4 is 17.2 Å². The molecule has 5 nitrogen and oxygen atoms in total. The molecular weight excluding hydrogens is 348 g/mol. The second-order valence-corrected chi connectivity index (χ2v) is 7.54. The van der Waals surface area contributed by atoms with E-state index in [9.17, 15) is 4.79 Å². The molecule has 0 aliphatic carbocycles. The Hall–Kier alpha value is -1.89. The molecule has 1 N–H and O–H groups in total. The molecule has 0 bridgehead atoms. The van der Waals surface area contributed by atoms with Gasteiger partial charge in [-0.05, 0) is 42.0 Å². The molecule has 1 aromatic heterocycles. The molecule has 140 valence electrons. The van der Waals surface area contributed by atoms with Gasteiger partial charge in [0.2, 0.25) is 5.91 Å². The van der Waals surface area contributed by atoms with Crippen LogP contribution in [-0.2, 0) is 22.6 Å². The van der Waals surface area contributed by atoms with E-state index < -0.39 is 0 Å².